The summed E-state index contributed by atoms with van der Waals surface area (Å²) in [6.45, 7) is 7.07. The van der Waals surface area contributed by atoms with Gasteiger partial charge in [-0.25, -0.2) is 20.4 Å². The van der Waals surface area contributed by atoms with Gasteiger partial charge in [-0.3, -0.25) is 9.69 Å². The van der Waals surface area contributed by atoms with E-state index in [1.54, 1.807) is 0 Å². The van der Waals surface area contributed by atoms with Crippen LogP contribution in [0.4, 0.5) is 5.82 Å². The van der Waals surface area contributed by atoms with Crippen LogP contribution in [0.15, 0.2) is 83.2 Å². The maximum atomic E-state index is 13.3. The molecule has 6 aliphatic rings. The molecular formula is C37H42N6O. The van der Waals surface area contributed by atoms with E-state index in [-0.39, 0.29) is 12.0 Å². The number of fused-ring (bicyclic) bond motifs is 4. The lowest BCUT2D eigenvalue weighted by Gasteiger charge is -2.33. The molecule has 0 spiro atoms. The minimum Gasteiger partial charge on any atom is -0.342 e. The second kappa shape index (κ2) is 11.6. The Morgan fingerprint density at radius 1 is 1.00 bits per heavy atom. The largest absolute Gasteiger partial charge is 0.342 e. The van der Waals surface area contributed by atoms with Gasteiger partial charge in [0.25, 0.3) is 0 Å². The predicted octanol–water partition coefficient (Wildman–Crippen LogP) is 5.98. The van der Waals surface area contributed by atoms with Crippen molar-refractivity contribution in [2.45, 2.75) is 51.5 Å². The van der Waals surface area contributed by atoms with Crippen LogP contribution in [-0.4, -0.2) is 65.7 Å². The van der Waals surface area contributed by atoms with Gasteiger partial charge in [-0.15, -0.1) is 0 Å². The number of aliphatic imine (C=N–C) groups is 1. The summed E-state index contributed by atoms with van der Waals surface area (Å²) in [5, 5.41) is 2.02. The van der Waals surface area contributed by atoms with E-state index in [4.69, 9.17) is 4.98 Å². The molecule has 7 nitrogen and oxygen atoms in total. The highest BCUT2D eigenvalue weighted by Crippen LogP contribution is 2.39. The van der Waals surface area contributed by atoms with Gasteiger partial charge in [0, 0.05) is 48.9 Å². The molecule has 0 bridgehead atoms. The van der Waals surface area contributed by atoms with Crippen molar-refractivity contribution in [1.82, 2.24) is 20.2 Å². The van der Waals surface area contributed by atoms with Crippen molar-refractivity contribution >= 4 is 23.5 Å². The van der Waals surface area contributed by atoms with Crippen LogP contribution in [0.3, 0.4) is 0 Å². The standard InChI is InChI=1S/C37H42N6O/c1-25-19-34-38-21-32-20-33(27-8-3-2-4-9-27)35(39-36(32)43(34)40-25)28-10-5-7-26(13-14-28)22-41-17-15-29(16-18-41)37(44)42-23-30-11-6-12-31(30)24-42/h2-4,7-10,13-14,19-21,25,29-31,40H,5-6,11-12,15-18,22-24H2,1H3. The summed E-state index contributed by atoms with van der Waals surface area (Å²) in [6.07, 6.45) is 20.1. The summed E-state index contributed by atoms with van der Waals surface area (Å²) in [4.78, 5) is 28.0. The fourth-order valence-corrected chi connectivity index (χ4v) is 8.09. The Morgan fingerprint density at radius 2 is 1.80 bits per heavy atom. The quantitative estimate of drug-likeness (QED) is 0.467. The molecule has 44 heavy (non-hydrogen) atoms. The molecule has 7 heteroatoms. The molecule has 1 aromatic carbocycles. The second-order valence-corrected chi connectivity index (χ2v) is 13.5. The summed E-state index contributed by atoms with van der Waals surface area (Å²) in [6, 6.07) is 13.0. The lowest BCUT2D eigenvalue weighted by atomic mass is 9.94. The highest BCUT2D eigenvalue weighted by molar-refractivity contribution is 5.95. The summed E-state index contributed by atoms with van der Waals surface area (Å²) in [7, 11) is 0. The van der Waals surface area contributed by atoms with Crippen LogP contribution >= 0.6 is 0 Å². The first-order valence-corrected chi connectivity index (χ1v) is 16.6. The van der Waals surface area contributed by atoms with Gasteiger partial charge >= 0.3 is 0 Å². The van der Waals surface area contributed by atoms with Crippen LogP contribution in [0.25, 0.3) is 16.7 Å². The van der Waals surface area contributed by atoms with E-state index in [0.717, 1.165) is 103 Å². The van der Waals surface area contributed by atoms with Gasteiger partial charge in [0.15, 0.2) is 5.82 Å². The van der Waals surface area contributed by atoms with Crippen LogP contribution in [0.2, 0.25) is 0 Å². The Hall–Kier alpha value is -3.81. The van der Waals surface area contributed by atoms with Gasteiger partial charge < -0.3 is 4.90 Å². The molecule has 2 aromatic rings. The van der Waals surface area contributed by atoms with Crippen molar-refractivity contribution in [3.05, 3.63) is 89.4 Å². The van der Waals surface area contributed by atoms with Crippen LogP contribution < -0.4 is 10.4 Å². The number of carbonyl (C=O) groups excluding carboxylic acids is 1. The number of nitrogens with zero attached hydrogens (tertiary/aromatic N) is 5. The first-order chi connectivity index (χ1) is 21.6. The highest BCUT2D eigenvalue weighted by atomic mass is 16.2. The third-order valence-corrected chi connectivity index (χ3v) is 10.5. The van der Waals surface area contributed by atoms with Crippen LogP contribution in [0.5, 0.6) is 0 Å². The molecule has 3 atom stereocenters. The number of carbonyl (C=O) groups is 1. The van der Waals surface area contributed by atoms with Crippen molar-refractivity contribution in [2.24, 2.45) is 22.7 Å². The minimum atomic E-state index is 0.206. The van der Waals surface area contributed by atoms with E-state index in [0.29, 0.717) is 5.91 Å². The fourth-order valence-electron chi connectivity index (χ4n) is 8.09. The zero-order valence-electron chi connectivity index (χ0n) is 25.7. The van der Waals surface area contributed by atoms with Gasteiger partial charge in [0.2, 0.25) is 5.91 Å². The molecule has 2 aliphatic carbocycles. The number of pyridine rings is 1. The number of hydrogen-bond acceptors (Lipinski definition) is 6. The summed E-state index contributed by atoms with van der Waals surface area (Å²) in [5.74, 6) is 3.98. The second-order valence-electron chi connectivity index (χ2n) is 13.5. The minimum absolute atomic E-state index is 0.206. The Bertz CT molecular complexity index is 1580. The molecule has 8 rings (SSSR count). The first kappa shape index (κ1) is 27.7. The number of benzene rings is 1. The zero-order valence-corrected chi connectivity index (χ0v) is 25.7. The third kappa shape index (κ3) is 5.26. The number of amides is 1. The number of piperidine rings is 1. The van der Waals surface area contributed by atoms with E-state index in [9.17, 15) is 4.79 Å². The average Bonchev–Trinajstić information content (AvgIpc) is 3.72. The van der Waals surface area contributed by atoms with Gasteiger partial charge in [0.1, 0.15) is 5.82 Å². The summed E-state index contributed by atoms with van der Waals surface area (Å²) in [5.41, 5.74) is 10.2. The van der Waals surface area contributed by atoms with Gasteiger partial charge in [-0.05, 0) is 92.8 Å². The molecule has 4 aliphatic heterocycles. The van der Waals surface area contributed by atoms with E-state index < -0.39 is 0 Å². The van der Waals surface area contributed by atoms with E-state index in [1.165, 1.54) is 24.8 Å². The number of allylic oxidation sites excluding steroid dienone is 4. The van der Waals surface area contributed by atoms with Crippen molar-refractivity contribution in [2.75, 3.05) is 37.7 Å². The third-order valence-electron chi connectivity index (χ3n) is 10.5. The Labute approximate surface area is 260 Å². The SMILES string of the molecule is CC1C=C2N=Cc3cc(-c4ccccc4)c(C4=CCC=C(CN5CCC(C(=O)N6CC7CCCC7C6)CC5)C=C4)nc3N2N1. The molecule has 1 aromatic heterocycles. The topological polar surface area (TPSA) is 64.1 Å². The molecule has 0 radical (unpaired) electrons. The van der Waals surface area contributed by atoms with Gasteiger partial charge in [0.05, 0.1) is 5.69 Å². The van der Waals surface area contributed by atoms with Crippen molar-refractivity contribution in [1.29, 1.82) is 0 Å². The molecule has 3 unspecified atom stereocenters. The lowest BCUT2D eigenvalue weighted by molar-refractivity contribution is -0.136. The van der Waals surface area contributed by atoms with Crippen LogP contribution in [0, 0.1) is 17.8 Å². The molecule has 1 saturated carbocycles. The van der Waals surface area contributed by atoms with Gasteiger partial charge in [-0.1, -0.05) is 61.1 Å². The number of aromatic nitrogens is 1. The molecule has 3 fully saturated rings. The maximum absolute atomic E-state index is 13.3. The lowest BCUT2D eigenvalue weighted by Crippen LogP contribution is -2.42. The molecule has 2 saturated heterocycles. The van der Waals surface area contributed by atoms with Crippen LogP contribution in [0.1, 0.15) is 56.7 Å². The number of nitrogens with one attached hydrogen (secondary N) is 1. The molecule has 1 N–H and O–H groups in total. The number of anilines is 1. The summed E-state index contributed by atoms with van der Waals surface area (Å²) < 4.78 is 0. The molecule has 1 amide bonds. The smallest absolute Gasteiger partial charge is 0.225 e. The Kier molecular flexibility index (Phi) is 7.31. The predicted molar refractivity (Wildman–Crippen MR) is 177 cm³/mol. The highest BCUT2D eigenvalue weighted by Gasteiger charge is 2.40. The number of hydrazine groups is 1. The van der Waals surface area contributed by atoms with E-state index >= 15 is 0 Å². The number of hydrogen-bond donors (Lipinski definition) is 1. The first-order valence-electron chi connectivity index (χ1n) is 16.6. The zero-order chi connectivity index (χ0) is 29.6. The van der Waals surface area contributed by atoms with Crippen molar-refractivity contribution in [3.8, 4) is 11.1 Å². The normalized spacial score (nSPS) is 26.6. The Morgan fingerprint density at radius 3 is 2.59 bits per heavy atom. The number of likely N-dealkylation sites (tertiary alicyclic amines) is 2. The molecule has 5 heterocycles. The monoisotopic (exact) mass is 586 g/mol. The molecule has 226 valence electrons. The van der Waals surface area contributed by atoms with Crippen LogP contribution in [-0.2, 0) is 4.79 Å². The fraction of sp³-hybridized carbons (Fsp3) is 0.432. The summed E-state index contributed by atoms with van der Waals surface area (Å²) >= 11 is 0. The number of rotatable bonds is 5. The molecular weight excluding hydrogens is 544 g/mol. The van der Waals surface area contributed by atoms with E-state index in [2.05, 4.69) is 93.9 Å². The van der Waals surface area contributed by atoms with Crippen molar-refractivity contribution in [3.63, 3.8) is 0 Å². The maximum Gasteiger partial charge on any atom is 0.225 e. The van der Waals surface area contributed by atoms with Crippen molar-refractivity contribution < 1.29 is 4.79 Å². The van der Waals surface area contributed by atoms with Gasteiger partial charge in [-0.2, -0.15) is 0 Å². The van der Waals surface area contributed by atoms with E-state index in [1.807, 2.05) is 11.2 Å². The Balaban J connectivity index is 0.963. The average molecular weight is 587 g/mol.